The Morgan fingerprint density at radius 2 is 2.20 bits per heavy atom. The molecular formula is C16H23FN2O. The number of piperidine rings is 1. The number of hydrogen-bond acceptors (Lipinski definition) is 2. The fraction of sp³-hybridized carbons (Fsp3) is 0.562. The van der Waals surface area contributed by atoms with Crippen molar-refractivity contribution in [2.75, 3.05) is 20.1 Å². The molecule has 20 heavy (non-hydrogen) atoms. The topological polar surface area (TPSA) is 32.3 Å². The van der Waals surface area contributed by atoms with Crippen LogP contribution in [0.15, 0.2) is 24.3 Å². The maximum absolute atomic E-state index is 13.3. The molecule has 110 valence electrons. The number of benzene rings is 1. The van der Waals surface area contributed by atoms with Gasteiger partial charge in [0.1, 0.15) is 5.82 Å². The average Bonchev–Trinajstić information content (AvgIpc) is 2.38. The molecule has 0 aromatic heterocycles. The van der Waals surface area contributed by atoms with Crippen LogP contribution in [0.2, 0.25) is 0 Å². The maximum atomic E-state index is 13.3. The highest BCUT2D eigenvalue weighted by atomic mass is 19.1. The first-order valence-electron chi connectivity index (χ1n) is 7.15. The summed E-state index contributed by atoms with van der Waals surface area (Å²) in [5, 5.41) is 3.06. The first kappa shape index (κ1) is 15.0. The molecule has 1 amide bonds. The standard InChI is InChI=1S/C16H23FN2O/c1-16(2,13-7-4-8-14(17)10-13)18-15(20)12-6-5-9-19(3)11-12/h4,7-8,10,12H,5-6,9,11H2,1-3H3,(H,18,20)/t12-/m0/s1. The van der Waals surface area contributed by atoms with E-state index in [2.05, 4.69) is 10.2 Å². The van der Waals surface area contributed by atoms with Crippen molar-refractivity contribution in [1.82, 2.24) is 10.2 Å². The third kappa shape index (κ3) is 3.57. The van der Waals surface area contributed by atoms with Crippen molar-refractivity contribution in [1.29, 1.82) is 0 Å². The largest absolute Gasteiger partial charge is 0.347 e. The zero-order valence-electron chi connectivity index (χ0n) is 12.4. The molecule has 0 aliphatic carbocycles. The predicted molar refractivity (Wildman–Crippen MR) is 77.8 cm³/mol. The third-order valence-electron chi connectivity index (χ3n) is 3.98. The molecule has 1 heterocycles. The monoisotopic (exact) mass is 278 g/mol. The van der Waals surface area contributed by atoms with Gasteiger partial charge in [0, 0.05) is 6.54 Å². The van der Waals surface area contributed by atoms with E-state index in [0.717, 1.165) is 31.5 Å². The summed E-state index contributed by atoms with van der Waals surface area (Å²) < 4.78 is 13.3. The maximum Gasteiger partial charge on any atom is 0.225 e. The van der Waals surface area contributed by atoms with Crippen LogP contribution in [0.25, 0.3) is 0 Å². The van der Waals surface area contributed by atoms with Crippen molar-refractivity contribution in [2.24, 2.45) is 5.92 Å². The van der Waals surface area contributed by atoms with Gasteiger partial charge in [-0.3, -0.25) is 4.79 Å². The summed E-state index contributed by atoms with van der Waals surface area (Å²) in [5.41, 5.74) is 0.227. The van der Waals surface area contributed by atoms with Crippen molar-refractivity contribution in [3.63, 3.8) is 0 Å². The molecule has 0 bridgehead atoms. The molecule has 1 saturated heterocycles. The van der Waals surface area contributed by atoms with Crippen LogP contribution in [0, 0.1) is 11.7 Å². The van der Waals surface area contributed by atoms with E-state index in [1.54, 1.807) is 6.07 Å². The Morgan fingerprint density at radius 3 is 2.85 bits per heavy atom. The zero-order valence-corrected chi connectivity index (χ0v) is 12.4. The summed E-state index contributed by atoms with van der Waals surface area (Å²) in [6, 6.07) is 6.41. The van der Waals surface area contributed by atoms with Crippen molar-refractivity contribution < 1.29 is 9.18 Å². The number of halogens is 1. The molecular weight excluding hydrogens is 255 g/mol. The van der Waals surface area contributed by atoms with E-state index in [9.17, 15) is 9.18 Å². The summed E-state index contributed by atoms with van der Waals surface area (Å²) >= 11 is 0. The molecule has 1 aliphatic heterocycles. The van der Waals surface area contributed by atoms with E-state index in [0.29, 0.717) is 0 Å². The van der Waals surface area contributed by atoms with E-state index < -0.39 is 5.54 Å². The summed E-state index contributed by atoms with van der Waals surface area (Å²) in [7, 11) is 2.04. The molecule has 1 N–H and O–H groups in total. The number of hydrogen-bond donors (Lipinski definition) is 1. The number of rotatable bonds is 3. The molecule has 0 unspecified atom stereocenters. The van der Waals surface area contributed by atoms with Gasteiger partial charge in [0.2, 0.25) is 5.91 Å². The minimum absolute atomic E-state index is 0.0292. The van der Waals surface area contributed by atoms with Gasteiger partial charge in [-0.2, -0.15) is 0 Å². The molecule has 1 fully saturated rings. The summed E-state index contributed by atoms with van der Waals surface area (Å²) in [4.78, 5) is 14.6. The van der Waals surface area contributed by atoms with Crippen molar-refractivity contribution in [2.45, 2.75) is 32.2 Å². The summed E-state index contributed by atoms with van der Waals surface area (Å²) in [6.07, 6.45) is 1.98. The third-order valence-corrected chi connectivity index (χ3v) is 3.98. The van der Waals surface area contributed by atoms with E-state index in [4.69, 9.17) is 0 Å². The minimum Gasteiger partial charge on any atom is -0.347 e. The van der Waals surface area contributed by atoms with Gasteiger partial charge >= 0.3 is 0 Å². The van der Waals surface area contributed by atoms with Crippen molar-refractivity contribution >= 4 is 5.91 Å². The Bertz CT molecular complexity index is 487. The molecule has 2 rings (SSSR count). The fourth-order valence-electron chi connectivity index (χ4n) is 2.74. The molecule has 0 saturated carbocycles. The molecule has 0 spiro atoms. The van der Waals surface area contributed by atoms with Crippen LogP contribution >= 0.6 is 0 Å². The highest BCUT2D eigenvalue weighted by Crippen LogP contribution is 2.23. The van der Waals surface area contributed by atoms with Crippen LogP contribution < -0.4 is 5.32 Å². The second kappa shape index (κ2) is 5.92. The van der Waals surface area contributed by atoms with Gasteiger partial charge in [0.25, 0.3) is 0 Å². The molecule has 0 radical (unpaired) electrons. The van der Waals surface area contributed by atoms with E-state index >= 15 is 0 Å². The minimum atomic E-state index is -0.560. The predicted octanol–water partition coefficient (Wildman–Crippen LogP) is 2.52. The first-order valence-corrected chi connectivity index (χ1v) is 7.15. The molecule has 4 heteroatoms. The molecule has 3 nitrogen and oxygen atoms in total. The highest BCUT2D eigenvalue weighted by molar-refractivity contribution is 5.80. The van der Waals surface area contributed by atoms with Gasteiger partial charge in [-0.25, -0.2) is 4.39 Å². The fourth-order valence-corrected chi connectivity index (χ4v) is 2.74. The summed E-state index contributed by atoms with van der Waals surface area (Å²) in [5.74, 6) is -0.186. The summed E-state index contributed by atoms with van der Waals surface area (Å²) in [6.45, 7) is 5.67. The van der Waals surface area contributed by atoms with E-state index in [1.165, 1.54) is 12.1 Å². The van der Waals surface area contributed by atoms with Gasteiger partial charge in [-0.05, 0) is 58.0 Å². The second-order valence-electron chi connectivity index (χ2n) is 6.23. The quantitative estimate of drug-likeness (QED) is 0.921. The lowest BCUT2D eigenvalue weighted by Crippen LogP contribution is -2.48. The SMILES string of the molecule is CN1CCC[C@H](C(=O)NC(C)(C)c2cccc(F)c2)C1. The molecule has 1 atom stereocenters. The average molecular weight is 278 g/mol. The molecule has 1 aromatic rings. The van der Waals surface area contributed by atoms with Crippen LogP contribution in [-0.4, -0.2) is 30.9 Å². The molecule has 1 aromatic carbocycles. The van der Waals surface area contributed by atoms with Crippen LogP contribution in [0.5, 0.6) is 0 Å². The number of likely N-dealkylation sites (tertiary alicyclic amines) is 1. The second-order valence-corrected chi connectivity index (χ2v) is 6.23. The Labute approximate surface area is 120 Å². The number of amides is 1. The Morgan fingerprint density at radius 1 is 1.45 bits per heavy atom. The van der Waals surface area contributed by atoms with Gasteiger partial charge in [0.05, 0.1) is 11.5 Å². The van der Waals surface area contributed by atoms with Crippen LogP contribution in [-0.2, 0) is 10.3 Å². The van der Waals surface area contributed by atoms with Crippen molar-refractivity contribution in [3.8, 4) is 0 Å². The zero-order chi connectivity index (χ0) is 14.8. The lowest BCUT2D eigenvalue weighted by molar-refractivity contribution is -0.128. The van der Waals surface area contributed by atoms with Crippen molar-refractivity contribution in [3.05, 3.63) is 35.6 Å². The number of carbonyl (C=O) groups excluding carboxylic acids is 1. The van der Waals surface area contributed by atoms with Gasteiger partial charge < -0.3 is 10.2 Å². The van der Waals surface area contributed by atoms with E-state index in [1.807, 2.05) is 27.0 Å². The van der Waals surface area contributed by atoms with Crippen LogP contribution in [0.1, 0.15) is 32.3 Å². The normalized spacial score (nSPS) is 20.7. The highest BCUT2D eigenvalue weighted by Gasteiger charge is 2.29. The lowest BCUT2D eigenvalue weighted by atomic mass is 9.91. The smallest absolute Gasteiger partial charge is 0.225 e. The Hall–Kier alpha value is -1.42. The number of carbonyl (C=O) groups is 1. The van der Waals surface area contributed by atoms with Gasteiger partial charge in [0.15, 0.2) is 0 Å². The van der Waals surface area contributed by atoms with E-state index in [-0.39, 0.29) is 17.6 Å². The molecule has 1 aliphatic rings. The Kier molecular flexibility index (Phi) is 4.43. The number of nitrogens with zero attached hydrogens (tertiary/aromatic N) is 1. The van der Waals surface area contributed by atoms with Crippen LogP contribution in [0.4, 0.5) is 4.39 Å². The van der Waals surface area contributed by atoms with Crippen LogP contribution in [0.3, 0.4) is 0 Å². The van der Waals surface area contributed by atoms with Gasteiger partial charge in [-0.1, -0.05) is 12.1 Å². The van der Waals surface area contributed by atoms with Gasteiger partial charge in [-0.15, -0.1) is 0 Å². The number of nitrogens with one attached hydrogen (secondary N) is 1. The first-order chi connectivity index (χ1) is 9.38. The lowest BCUT2D eigenvalue weighted by Gasteiger charge is -2.33. The Balaban J connectivity index is 2.05.